The molecule has 7 heteroatoms. The van der Waals surface area contributed by atoms with Gasteiger partial charge in [-0.2, -0.15) is 0 Å². The SMILES string of the molecule is CCc1c(-c2c(C)cccc2[N+](=O)[O-])sc(C(=O)O)c1N. The number of rotatable bonds is 4. The molecule has 2 aromatic rings. The third kappa shape index (κ3) is 2.47. The second-order valence-electron chi connectivity index (χ2n) is 4.54. The van der Waals surface area contributed by atoms with Crippen LogP contribution in [0, 0.1) is 17.0 Å². The van der Waals surface area contributed by atoms with Gasteiger partial charge in [-0.3, -0.25) is 10.1 Å². The van der Waals surface area contributed by atoms with E-state index in [0.29, 0.717) is 22.4 Å². The Labute approximate surface area is 125 Å². The zero-order valence-corrected chi connectivity index (χ0v) is 12.4. The Morgan fingerprint density at radius 1 is 1.48 bits per heavy atom. The number of thiophene rings is 1. The molecule has 0 atom stereocenters. The summed E-state index contributed by atoms with van der Waals surface area (Å²) in [5, 5.41) is 20.4. The first-order valence-electron chi connectivity index (χ1n) is 6.27. The summed E-state index contributed by atoms with van der Waals surface area (Å²) < 4.78 is 0. The van der Waals surface area contributed by atoms with Crippen LogP contribution in [0.15, 0.2) is 18.2 Å². The molecule has 0 radical (unpaired) electrons. The first-order chi connectivity index (χ1) is 9.88. The van der Waals surface area contributed by atoms with Crippen LogP contribution in [-0.2, 0) is 6.42 Å². The van der Waals surface area contributed by atoms with Crippen LogP contribution in [0.1, 0.15) is 27.7 Å². The minimum atomic E-state index is -1.12. The maximum atomic E-state index is 11.2. The van der Waals surface area contributed by atoms with Gasteiger partial charge in [-0.15, -0.1) is 11.3 Å². The van der Waals surface area contributed by atoms with Gasteiger partial charge in [-0.05, 0) is 24.5 Å². The number of aromatic carboxylic acids is 1. The van der Waals surface area contributed by atoms with E-state index in [1.54, 1.807) is 19.1 Å². The summed E-state index contributed by atoms with van der Waals surface area (Å²) in [7, 11) is 0. The summed E-state index contributed by atoms with van der Waals surface area (Å²) in [6.45, 7) is 3.61. The fraction of sp³-hybridized carbons (Fsp3) is 0.214. The normalized spacial score (nSPS) is 10.6. The largest absolute Gasteiger partial charge is 0.477 e. The van der Waals surface area contributed by atoms with Gasteiger partial charge in [0.25, 0.3) is 5.69 Å². The van der Waals surface area contributed by atoms with Crippen LogP contribution in [0.5, 0.6) is 0 Å². The van der Waals surface area contributed by atoms with Crippen molar-refractivity contribution in [3.05, 3.63) is 44.3 Å². The topological polar surface area (TPSA) is 106 Å². The predicted molar refractivity (Wildman–Crippen MR) is 81.9 cm³/mol. The van der Waals surface area contributed by atoms with E-state index in [1.807, 2.05) is 6.92 Å². The van der Waals surface area contributed by atoms with Crippen LogP contribution in [0.25, 0.3) is 10.4 Å². The van der Waals surface area contributed by atoms with Crippen LogP contribution in [-0.4, -0.2) is 16.0 Å². The molecule has 2 rings (SSSR count). The standard InChI is InChI=1S/C14H14N2O4S/c1-3-8-11(15)13(14(17)18)21-12(8)10-7(2)5-4-6-9(10)16(19)20/h4-6H,3,15H2,1-2H3,(H,17,18). The zero-order valence-electron chi connectivity index (χ0n) is 11.5. The molecule has 0 aliphatic heterocycles. The van der Waals surface area contributed by atoms with Gasteiger partial charge in [0.05, 0.1) is 16.2 Å². The van der Waals surface area contributed by atoms with Crippen molar-refractivity contribution >= 4 is 28.7 Å². The lowest BCUT2D eigenvalue weighted by atomic mass is 10.00. The molecular weight excluding hydrogens is 292 g/mol. The Morgan fingerprint density at radius 3 is 2.67 bits per heavy atom. The molecule has 1 aromatic heterocycles. The highest BCUT2D eigenvalue weighted by atomic mass is 32.1. The van der Waals surface area contributed by atoms with E-state index >= 15 is 0 Å². The number of anilines is 1. The van der Waals surface area contributed by atoms with E-state index in [-0.39, 0.29) is 16.3 Å². The van der Waals surface area contributed by atoms with Gasteiger partial charge >= 0.3 is 5.97 Å². The Kier molecular flexibility index (Phi) is 3.95. The van der Waals surface area contributed by atoms with Gasteiger partial charge in [0.1, 0.15) is 4.88 Å². The highest BCUT2D eigenvalue weighted by molar-refractivity contribution is 7.18. The molecule has 0 aliphatic rings. The van der Waals surface area contributed by atoms with Gasteiger partial charge in [0, 0.05) is 10.9 Å². The number of nitro groups is 1. The molecule has 1 heterocycles. The molecule has 0 saturated heterocycles. The Balaban J connectivity index is 2.82. The van der Waals surface area contributed by atoms with Crippen molar-refractivity contribution in [1.29, 1.82) is 0 Å². The van der Waals surface area contributed by atoms with Crippen molar-refractivity contribution in [3.8, 4) is 10.4 Å². The van der Waals surface area contributed by atoms with Crippen molar-refractivity contribution in [2.24, 2.45) is 0 Å². The van der Waals surface area contributed by atoms with E-state index in [0.717, 1.165) is 16.9 Å². The average Bonchev–Trinajstić information content (AvgIpc) is 2.75. The van der Waals surface area contributed by atoms with Crippen molar-refractivity contribution in [2.75, 3.05) is 5.73 Å². The van der Waals surface area contributed by atoms with Crippen molar-refractivity contribution < 1.29 is 14.8 Å². The van der Waals surface area contributed by atoms with Crippen LogP contribution in [0.4, 0.5) is 11.4 Å². The summed E-state index contributed by atoms with van der Waals surface area (Å²) >= 11 is 0.989. The number of nitrogens with zero attached hydrogens (tertiary/aromatic N) is 1. The molecule has 0 aliphatic carbocycles. The number of nitro benzene ring substituents is 1. The first-order valence-corrected chi connectivity index (χ1v) is 7.08. The molecule has 0 spiro atoms. The molecule has 6 nitrogen and oxygen atoms in total. The predicted octanol–water partition coefficient (Wildman–Crippen LogP) is 3.47. The average molecular weight is 306 g/mol. The van der Waals surface area contributed by atoms with Gasteiger partial charge in [0.15, 0.2) is 0 Å². The number of carboxylic acids is 1. The number of carboxylic acid groups (broad SMARTS) is 1. The number of nitrogen functional groups attached to an aromatic ring is 1. The Hall–Kier alpha value is -2.41. The van der Waals surface area contributed by atoms with Crippen LogP contribution >= 0.6 is 11.3 Å². The molecule has 0 bridgehead atoms. The second kappa shape index (κ2) is 5.53. The molecular formula is C14H14N2O4S. The lowest BCUT2D eigenvalue weighted by Crippen LogP contribution is -1.99. The summed E-state index contributed by atoms with van der Waals surface area (Å²) in [6, 6.07) is 4.79. The highest BCUT2D eigenvalue weighted by Crippen LogP contribution is 2.44. The van der Waals surface area contributed by atoms with E-state index < -0.39 is 10.9 Å². The molecule has 0 fully saturated rings. The van der Waals surface area contributed by atoms with Gasteiger partial charge in [0.2, 0.25) is 0 Å². The molecule has 0 amide bonds. The van der Waals surface area contributed by atoms with E-state index in [1.165, 1.54) is 6.07 Å². The quantitative estimate of drug-likeness (QED) is 0.664. The van der Waals surface area contributed by atoms with Crippen molar-refractivity contribution in [2.45, 2.75) is 20.3 Å². The first kappa shape index (κ1) is 15.0. The number of hydrogen-bond donors (Lipinski definition) is 2. The van der Waals surface area contributed by atoms with Crippen molar-refractivity contribution in [3.63, 3.8) is 0 Å². The van der Waals surface area contributed by atoms with Crippen LogP contribution in [0.2, 0.25) is 0 Å². The van der Waals surface area contributed by atoms with Crippen LogP contribution in [0.3, 0.4) is 0 Å². The summed E-state index contributed by atoms with van der Waals surface area (Å²) in [5.41, 5.74) is 7.86. The molecule has 1 aromatic carbocycles. The third-order valence-corrected chi connectivity index (χ3v) is 4.52. The van der Waals surface area contributed by atoms with E-state index in [9.17, 15) is 20.0 Å². The zero-order chi connectivity index (χ0) is 15.7. The fourth-order valence-electron chi connectivity index (χ4n) is 2.29. The maximum absolute atomic E-state index is 11.2. The third-order valence-electron chi connectivity index (χ3n) is 3.27. The molecule has 0 saturated carbocycles. The summed E-state index contributed by atoms with van der Waals surface area (Å²) in [5.74, 6) is -1.12. The van der Waals surface area contributed by atoms with E-state index in [4.69, 9.17) is 5.73 Å². The monoisotopic (exact) mass is 306 g/mol. The number of carbonyl (C=O) groups is 1. The Bertz CT molecular complexity index is 737. The number of nitrogens with two attached hydrogens (primary N) is 1. The molecule has 21 heavy (non-hydrogen) atoms. The lowest BCUT2D eigenvalue weighted by Gasteiger charge is -2.07. The van der Waals surface area contributed by atoms with E-state index in [2.05, 4.69) is 0 Å². The summed E-state index contributed by atoms with van der Waals surface area (Å²) in [4.78, 5) is 22.6. The lowest BCUT2D eigenvalue weighted by molar-refractivity contribution is -0.384. The van der Waals surface area contributed by atoms with Gasteiger partial charge in [-0.25, -0.2) is 4.79 Å². The summed E-state index contributed by atoms with van der Waals surface area (Å²) in [6.07, 6.45) is 0.510. The number of aryl methyl sites for hydroxylation is 1. The maximum Gasteiger partial charge on any atom is 0.348 e. The fourth-order valence-corrected chi connectivity index (χ4v) is 3.56. The van der Waals surface area contributed by atoms with Crippen molar-refractivity contribution in [1.82, 2.24) is 0 Å². The Morgan fingerprint density at radius 2 is 2.14 bits per heavy atom. The molecule has 110 valence electrons. The number of benzene rings is 1. The second-order valence-corrected chi connectivity index (χ2v) is 5.56. The molecule has 3 N–H and O–H groups in total. The smallest absolute Gasteiger partial charge is 0.348 e. The molecule has 0 unspecified atom stereocenters. The van der Waals surface area contributed by atoms with Gasteiger partial charge in [-0.1, -0.05) is 19.1 Å². The van der Waals surface area contributed by atoms with Crippen LogP contribution < -0.4 is 5.73 Å². The minimum absolute atomic E-state index is 0.0272. The van der Waals surface area contributed by atoms with Gasteiger partial charge < -0.3 is 10.8 Å². The highest BCUT2D eigenvalue weighted by Gasteiger charge is 2.26. The number of hydrogen-bond acceptors (Lipinski definition) is 5. The minimum Gasteiger partial charge on any atom is -0.477 e.